The van der Waals surface area contributed by atoms with E-state index >= 15 is 0 Å². The van der Waals surface area contributed by atoms with Gasteiger partial charge in [0, 0.05) is 51.7 Å². The second-order valence-corrected chi connectivity index (χ2v) is 9.61. The lowest BCUT2D eigenvalue weighted by molar-refractivity contribution is -0.139. The minimum atomic E-state index is -0.512. The van der Waals surface area contributed by atoms with E-state index in [0.29, 0.717) is 65.2 Å². The van der Waals surface area contributed by atoms with Crippen LogP contribution in [-0.4, -0.2) is 84.0 Å². The molecule has 2 aliphatic heterocycles. The molecule has 0 atom stereocenters. The van der Waals surface area contributed by atoms with Crippen LogP contribution < -0.4 is 5.32 Å². The van der Waals surface area contributed by atoms with Gasteiger partial charge >= 0.3 is 6.09 Å². The number of ether oxygens (including phenoxy) is 1. The Labute approximate surface area is 190 Å². The fourth-order valence-electron chi connectivity index (χ4n) is 4.08. The van der Waals surface area contributed by atoms with E-state index in [2.05, 4.69) is 10.2 Å². The number of nitrogens with zero attached hydrogens (tertiary/aromatic N) is 3. The normalized spacial score (nSPS) is 18.3. The van der Waals surface area contributed by atoms with Crippen LogP contribution in [0.2, 0.25) is 0 Å². The number of nitrogens with one attached hydrogen (secondary N) is 1. The topological polar surface area (TPSA) is 82.2 Å². The molecule has 0 spiro atoms. The van der Waals surface area contributed by atoms with Crippen molar-refractivity contribution >= 4 is 17.9 Å². The number of carbonyl (C=O) groups is 3. The van der Waals surface area contributed by atoms with Crippen molar-refractivity contribution in [1.82, 2.24) is 20.0 Å². The average molecular weight is 445 g/mol. The van der Waals surface area contributed by atoms with E-state index in [1.54, 1.807) is 4.90 Å². The zero-order valence-corrected chi connectivity index (χ0v) is 19.5. The Kier molecular flexibility index (Phi) is 8.12. The van der Waals surface area contributed by atoms with E-state index in [1.165, 1.54) is 0 Å². The highest BCUT2D eigenvalue weighted by molar-refractivity contribution is 5.80. The van der Waals surface area contributed by atoms with Crippen molar-refractivity contribution in [3.8, 4) is 0 Å². The monoisotopic (exact) mass is 444 g/mol. The van der Waals surface area contributed by atoms with Gasteiger partial charge < -0.3 is 19.9 Å². The van der Waals surface area contributed by atoms with Crippen molar-refractivity contribution < 1.29 is 19.1 Å². The Morgan fingerprint density at radius 1 is 0.938 bits per heavy atom. The average Bonchev–Trinajstić information content (AvgIpc) is 2.77. The molecule has 2 saturated heterocycles. The molecule has 2 heterocycles. The van der Waals surface area contributed by atoms with Gasteiger partial charge in [0.25, 0.3) is 0 Å². The Morgan fingerprint density at radius 3 is 2.16 bits per heavy atom. The molecule has 2 aliphatic rings. The zero-order chi connectivity index (χ0) is 23.1. The van der Waals surface area contributed by atoms with Gasteiger partial charge in [-0.05, 0) is 39.2 Å². The molecular weight excluding hydrogens is 408 g/mol. The highest BCUT2D eigenvalue weighted by Gasteiger charge is 2.33. The number of rotatable bonds is 5. The predicted molar refractivity (Wildman–Crippen MR) is 122 cm³/mol. The fraction of sp³-hybridized carbons (Fsp3) is 0.625. The zero-order valence-electron chi connectivity index (χ0n) is 19.5. The summed E-state index contributed by atoms with van der Waals surface area (Å²) in [7, 11) is 0. The molecule has 0 aliphatic carbocycles. The summed E-state index contributed by atoms with van der Waals surface area (Å²) >= 11 is 0. The lowest BCUT2D eigenvalue weighted by Gasteiger charge is -2.38. The SMILES string of the molecule is CC(C)(C)OC(=O)N1CCC(C(=O)N2CCN(CC(=O)NCc3ccccc3)CC2)CC1. The fourth-order valence-corrected chi connectivity index (χ4v) is 4.08. The highest BCUT2D eigenvalue weighted by Crippen LogP contribution is 2.22. The van der Waals surface area contributed by atoms with Gasteiger partial charge in [0.1, 0.15) is 5.60 Å². The molecule has 1 N–H and O–H groups in total. The third-order valence-electron chi connectivity index (χ3n) is 5.88. The molecule has 0 saturated carbocycles. The van der Waals surface area contributed by atoms with E-state index < -0.39 is 5.60 Å². The van der Waals surface area contributed by atoms with E-state index in [0.717, 1.165) is 5.56 Å². The van der Waals surface area contributed by atoms with Crippen LogP contribution in [0, 0.1) is 5.92 Å². The van der Waals surface area contributed by atoms with Crippen molar-refractivity contribution in [1.29, 1.82) is 0 Å². The third-order valence-corrected chi connectivity index (χ3v) is 5.88. The summed E-state index contributed by atoms with van der Waals surface area (Å²) < 4.78 is 5.43. The van der Waals surface area contributed by atoms with Gasteiger partial charge in [0.2, 0.25) is 11.8 Å². The summed E-state index contributed by atoms with van der Waals surface area (Å²) in [5.74, 6) is 0.125. The molecule has 3 rings (SSSR count). The second-order valence-electron chi connectivity index (χ2n) is 9.61. The molecular formula is C24H36N4O4. The number of hydrogen-bond acceptors (Lipinski definition) is 5. The maximum atomic E-state index is 12.9. The van der Waals surface area contributed by atoms with Crippen molar-refractivity contribution in [2.75, 3.05) is 45.8 Å². The van der Waals surface area contributed by atoms with Crippen LogP contribution >= 0.6 is 0 Å². The minimum Gasteiger partial charge on any atom is -0.444 e. The Balaban J connectivity index is 1.35. The first-order valence-electron chi connectivity index (χ1n) is 11.5. The van der Waals surface area contributed by atoms with Gasteiger partial charge in [-0.15, -0.1) is 0 Å². The molecule has 0 bridgehead atoms. The summed E-state index contributed by atoms with van der Waals surface area (Å²) in [4.78, 5) is 43.1. The second kappa shape index (κ2) is 10.8. The largest absolute Gasteiger partial charge is 0.444 e. The first-order valence-corrected chi connectivity index (χ1v) is 11.5. The van der Waals surface area contributed by atoms with Crippen LogP contribution in [-0.2, 0) is 20.9 Å². The molecule has 8 heteroatoms. The summed E-state index contributed by atoms with van der Waals surface area (Å²) in [6.45, 7) is 10.2. The third kappa shape index (κ3) is 7.22. The van der Waals surface area contributed by atoms with Gasteiger partial charge in [0.05, 0.1) is 6.54 Å². The van der Waals surface area contributed by atoms with Crippen LogP contribution in [0.1, 0.15) is 39.2 Å². The van der Waals surface area contributed by atoms with Crippen LogP contribution in [0.5, 0.6) is 0 Å². The maximum absolute atomic E-state index is 12.9. The van der Waals surface area contributed by atoms with Crippen LogP contribution in [0.4, 0.5) is 4.79 Å². The standard InChI is InChI=1S/C24H36N4O4/c1-24(2,3)32-23(31)28-11-9-20(10-12-28)22(30)27-15-13-26(14-16-27)18-21(29)25-17-19-7-5-4-6-8-19/h4-8,20H,9-18H2,1-3H3,(H,25,29). The molecule has 32 heavy (non-hydrogen) atoms. The summed E-state index contributed by atoms with van der Waals surface area (Å²) in [6, 6.07) is 9.85. The van der Waals surface area contributed by atoms with Crippen molar-refractivity contribution in [2.45, 2.75) is 45.8 Å². The molecule has 1 aromatic rings. The summed E-state index contributed by atoms with van der Waals surface area (Å²) in [6.07, 6.45) is 1.03. The highest BCUT2D eigenvalue weighted by atomic mass is 16.6. The van der Waals surface area contributed by atoms with E-state index in [9.17, 15) is 14.4 Å². The molecule has 0 radical (unpaired) electrons. The molecule has 2 fully saturated rings. The number of hydrogen-bond donors (Lipinski definition) is 1. The molecule has 1 aromatic carbocycles. The summed E-state index contributed by atoms with van der Waals surface area (Å²) in [5.41, 5.74) is 0.566. The minimum absolute atomic E-state index is 0.00291. The van der Waals surface area contributed by atoms with Gasteiger partial charge in [-0.3, -0.25) is 14.5 Å². The number of amides is 3. The van der Waals surface area contributed by atoms with Crippen LogP contribution in [0.15, 0.2) is 30.3 Å². The van der Waals surface area contributed by atoms with Gasteiger partial charge in [-0.25, -0.2) is 4.79 Å². The number of piperidine rings is 1. The predicted octanol–water partition coefficient (Wildman–Crippen LogP) is 2.09. The Morgan fingerprint density at radius 2 is 1.56 bits per heavy atom. The van der Waals surface area contributed by atoms with Gasteiger partial charge in [-0.1, -0.05) is 30.3 Å². The first kappa shape index (κ1) is 24.0. The quantitative estimate of drug-likeness (QED) is 0.752. The Hall–Kier alpha value is -2.61. The smallest absolute Gasteiger partial charge is 0.410 e. The lowest BCUT2D eigenvalue weighted by Crippen LogP contribution is -2.53. The number of carbonyl (C=O) groups excluding carboxylic acids is 3. The molecule has 8 nitrogen and oxygen atoms in total. The van der Waals surface area contributed by atoms with Crippen molar-refractivity contribution in [3.05, 3.63) is 35.9 Å². The van der Waals surface area contributed by atoms with Gasteiger partial charge in [-0.2, -0.15) is 0 Å². The molecule has 0 aromatic heterocycles. The van der Waals surface area contributed by atoms with Crippen molar-refractivity contribution in [2.24, 2.45) is 5.92 Å². The maximum Gasteiger partial charge on any atom is 0.410 e. The van der Waals surface area contributed by atoms with Crippen LogP contribution in [0.3, 0.4) is 0 Å². The molecule has 176 valence electrons. The van der Waals surface area contributed by atoms with Crippen molar-refractivity contribution in [3.63, 3.8) is 0 Å². The van der Waals surface area contributed by atoms with Crippen LogP contribution in [0.25, 0.3) is 0 Å². The molecule has 0 unspecified atom stereocenters. The van der Waals surface area contributed by atoms with E-state index in [4.69, 9.17) is 4.74 Å². The number of piperazine rings is 1. The number of likely N-dealkylation sites (tertiary alicyclic amines) is 1. The Bertz CT molecular complexity index is 777. The number of benzene rings is 1. The lowest BCUT2D eigenvalue weighted by atomic mass is 9.95. The van der Waals surface area contributed by atoms with E-state index in [1.807, 2.05) is 56.0 Å². The van der Waals surface area contributed by atoms with Gasteiger partial charge in [0.15, 0.2) is 0 Å². The molecule has 3 amide bonds. The first-order chi connectivity index (χ1) is 15.2. The summed E-state index contributed by atoms with van der Waals surface area (Å²) in [5, 5.41) is 2.96. The van der Waals surface area contributed by atoms with E-state index in [-0.39, 0.29) is 23.8 Å².